The lowest BCUT2D eigenvalue weighted by Crippen LogP contribution is -2.12. The number of nitrogens with zero attached hydrogens (tertiary/aromatic N) is 2. The van der Waals surface area contributed by atoms with E-state index in [4.69, 9.17) is 19.2 Å². The van der Waals surface area contributed by atoms with E-state index in [2.05, 4.69) is 10.3 Å². The minimum atomic E-state index is -0.107. The Balaban J connectivity index is 1.48. The fraction of sp³-hybridized carbons (Fsp3) is 0.250. The maximum absolute atomic E-state index is 12.1. The van der Waals surface area contributed by atoms with Gasteiger partial charge in [0.1, 0.15) is 5.52 Å². The summed E-state index contributed by atoms with van der Waals surface area (Å²) in [5, 5.41) is 11.7. The van der Waals surface area contributed by atoms with Crippen LogP contribution in [0.3, 0.4) is 0 Å². The van der Waals surface area contributed by atoms with Crippen molar-refractivity contribution in [3.63, 3.8) is 0 Å². The van der Waals surface area contributed by atoms with E-state index in [0.29, 0.717) is 59.2 Å². The minimum Gasteiger partial charge on any atom is -0.493 e. The Kier molecular flexibility index (Phi) is 5.57. The summed E-state index contributed by atoms with van der Waals surface area (Å²) in [6.45, 7) is 2.14. The molecule has 3 rings (SSSR count). The number of aryl methyl sites for hydroxylation is 1. The molecule has 0 spiro atoms. The lowest BCUT2D eigenvalue weighted by molar-refractivity contribution is -0.116. The number of ether oxygens (including phenoxy) is 2. The number of oxazole rings is 1. The van der Waals surface area contributed by atoms with Crippen LogP contribution in [0.2, 0.25) is 0 Å². The zero-order valence-corrected chi connectivity index (χ0v) is 15.1. The molecule has 0 radical (unpaired) electrons. The van der Waals surface area contributed by atoms with Crippen LogP contribution in [0.4, 0.5) is 5.69 Å². The fourth-order valence-corrected chi connectivity index (χ4v) is 2.62. The Labute approximate surface area is 156 Å². The molecule has 0 saturated heterocycles. The van der Waals surface area contributed by atoms with Gasteiger partial charge in [0.15, 0.2) is 23.0 Å². The second-order valence-corrected chi connectivity index (χ2v) is 5.89. The number of hydrogen-bond acceptors (Lipinski definition) is 6. The van der Waals surface area contributed by atoms with E-state index in [1.54, 1.807) is 43.3 Å². The third-order valence-electron chi connectivity index (χ3n) is 3.88. The van der Waals surface area contributed by atoms with Gasteiger partial charge in [-0.15, -0.1) is 0 Å². The lowest BCUT2D eigenvalue weighted by atomic mass is 10.2. The lowest BCUT2D eigenvalue weighted by Gasteiger charge is -2.11. The number of carbonyl (C=O) groups excluding carboxylic acids is 1. The van der Waals surface area contributed by atoms with Gasteiger partial charge in [-0.1, -0.05) is 0 Å². The summed E-state index contributed by atoms with van der Waals surface area (Å²) in [6, 6.07) is 12.4. The van der Waals surface area contributed by atoms with Crippen molar-refractivity contribution in [3.05, 3.63) is 47.9 Å². The summed E-state index contributed by atoms with van der Waals surface area (Å²) in [5.41, 5.74) is 2.57. The molecule has 0 bridgehead atoms. The average molecular weight is 365 g/mol. The van der Waals surface area contributed by atoms with Crippen LogP contribution in [0.5, 0.6) is 11.5 Å². The minimum absolute atomic E-state index is 0.107. The number of fused-ring (bicyclic) bond motifs is 1. The van der Waals surface area contributed by atoms with Crippen molar-refractivity contribution >= 4 is 22.7 Å². The first-order valence-corrected chi connectivity index (χ1v) is 8.47. The molecule has 0 unspecified atom stereocenters. The quantitative estimate of drug-likeness (QED) is 0.639. The molecule has 0 aliphatic carbocycles. The molecule has 1 heterocycles. The number of benzene rings is 2. The van der Waals surface area contributed by atoms with E-state index in [9.17, 15) is 4.79 Å². The van der Waals surface area contributed by atoms with E-state index in [1.165, 1.54) is 7.11 Å². The third kappa shape index (κ3) is 4.55. The molecule has 1 amide bonds. The highest BCUT2D eigenvalue weighted by Gasteiger charge is 2.08. The topological polar surface area (TPSA) is 97.4 Å². The van der Waals surface area contributed by atoms with Crippen molar-refractivity contribution in [3.8, 4) is 17.6 Å². The maximum atomic E-state index is 12.1. The molecule has 27 heavy (non-hydrogen) atoms. The Hall–Kier alpha value is -3.53. The van der Waals surface area contributed by atoms with Gasteiger partial charge in [-0.25, -0.2) is 4.98 Å². The van der Waals surface area contributed by atoms with Gasteiger partial charge in [-0.05, 0) is 36.8 Å². The van der Waals surface area contributed by atoms with Crippen LogP contribution in [0.25, 0.3) is 11.1 Å². The number of methoxy groups -OCH3 is 1. The Morgan fingerprint density at radius 1 is 1.26 bits per heavy atom. The summed E-state index contributed by atoms with van der Waals surface area (Å²) in [7, 11) is 1.52. The molecule has 7 heteroatoms. The van der Waals surface area contributed by atoms with Gasteiger partial charge in [0.25, 0.3) is 0 Å². The molecule has 1 N–H and O–H groups in total. The molecular formula is C20H19N3O4. The standard InChI is InChI=1S/C20H19N3O4/c1-13-22-16-11-15(6-8-17(16)27-13)23-20(24)4-3-9-26-18-7-5-14(12-21)10-19(18)25-2/h5-8,10-11H,3-4,9H2,1-2H3,(H,23,24). The second kappa shape index (κ2) is 8.23. The zero-order chi connectivity index (χ0) is 19.2. The van der Waals surface area contributed by atoms with Crippen LogP contribution in [-0.2, 0) is 4.79 Å². The number of nitrogens with one attached hydrogen (secondary N) is 1. The molecule has 2 aromatic carbocycles. The van der Waals surface area contributed by atoms with Crippen LogP contribution in [-0.4, -0.2) is 24.6 Å². The first kappa shape index (κ1) is 18.3. The fourth-order valence-electron chi connectivity index (χ4n) is 2.62. The highest BCUT2D eigenvalue weighted by Crippen LogP contribution is 2.28. The number of hydrogen-bond donors (Lipinski definition) is 1. The van der Waals surface area contributed by atoms with Gasteiger partial charge in [-0.3, -0.25) is 4.79 Å². The predicted octanol–water partition coefficient (Wildman–Crippen LogP) is 3.81. The monoisotopic (exact) mass is 365 g/mol. The number of amides is 1. The SMILES string of the molecule is COc1cc(C#N)ccc1OCCCC(=O)Nc1ccc2oc(C)nc2c1. The Morgan fingerprint density at radius 3 is 2.89 bits per heavy atom. The summed E-state index contributed by atoms with van der Waals surface area (Å²) < 4.78 is 16.3. The number of anilines is 1. The number of carbonyl (C=O) groups is 1. The Morgan fingerprint density at radius 2 is 2.11 bits per heavy atom. The van der Waals surface area contributed by atoms with Crippen molar-refractivity contribution in [2.45, 2.75) is 19.8 Å². The number of rotatable bonds is 7. The highest BCUT2D eigenvalue weighted by molar-refractivity contribution is 5.92. The first-order valence-electron chi connectivity index (χ1n) is 8.47. The van der Waals surface area contributed by atoms with Crippen LogP contribution in [0, 0.1) is 18.3 Å². The van der Waals surface area contributed by atoms with Gasteiger partial charge in [0.2, 0.25) is 5.91 Å². The van der Waals surface area contributed by atoms with Crippen molar-refractivity contribution in [2.75, 3.05) is 19.0 Å². The van der Waals surface area contributed by atoms with Crippen LogP contribution in [0.15, 0.2) is 40.8 Å². The predicted molar refractivity (Wildman–Crippen MR) is 99.8 cm³/mol. The van der Waals surface area contributed by atoms with Gasteiger partial charge < -0.3 is 19.2 Å². The van der Waals surface area contributed by atoms with Crippen molar-refractivity contribution in [1.29, 1.82) is 5.26 Å². The zero-order valence-electron chi connectivity index (χ0n) is 15.1. The van der Waals surface area contributed by atoms with E-state index in [-0.39, 0.29) is 5.91 Å². The molecule has 0 atom stereocenters. The van der Waals surface area contributed by atoms with Gasteiger partial charge in [0.05, 0.1) is 25.3 Å². The summed E-state index contributed by atoms with van der Waals surface area (Å²) in [6.07, 6.45) is 0.856. The molecule has 0 saturated carbocycles. The largest absolute Gasteiger partial charge is 0.493 e. The van der Waals surface area contributed by atoms with Crippen molar-refractivity contribution < 1.29 is 18.7 Å². The van der Waals surface area contributed by atoms with E-state index in [0.717, 1.165) is 0 Å². The van der Waals surface area contributed by atoms with E-state index >= 15 is 0 Å². The smallest absolute Gasteiger partial charge is 0.224 e. The molecule has 1 aromatic heterocycles. The van der Waals surface area contributed by atoms with Crippen molar-refractivity contribution in [2.24, 2.45) is 0 Å². The number of aromatic nitrogens is 1. The molecule has 0 aliphatic heterocycles. The third-order valence-corrected chi connectivity index (χ3v) is 3.88. The van der Waals surface area contributed by atoms with Crippen molar-refractivity contribution in [1.82, 2.24) is 4.98 Å². The normalized spacial score (nSPS) is 10.4. The molecule has 0 aliphatic rings. The van der Waals surface area contributed by atoms with Crippen LogP contribution < -0.4 is 14.8 Å². The van der Waals surface area contributed by atoms with Gasteiger partial charge in [0, 0.05) is 25.1 Å². The molecule has 138 valence electrons. The van der Waals surface area contributed by atoms with Crippen LogP contribution >= 0.6 is 0 Å². The summed E-state index contributed by atoms with van der Waals surface area (Å²) in [4.78, 5) is 16.3. The second-order valence-electron chi connectivity index (χ2n) is 5.89. The highest BCUT2D eigenvalue weighted by atomic mass is 16.5. The maximum Gasteiger partial charge on any atom is 0.224 e. The first-order chi connectivity index (χ1) is 13.1. The Bertz CT molecular complexity index is 1000. The molecule has 3 aromatic rings. The van der Waals surface area contributed by atoms with Gasteiger partial charge in [-0.2, -0.15) is 5.26 Å². The van der Waals surface area contributed by atoms with E-state index in [1.807, 2.05) is 6.07 Å². The summed E-state index contributed by atoms with van der Waals surface area (Å²) in [5.74, 6) is 1.52. The molecule has 0 fully saturated rings. The molecule has 7 nitrogen and oxygen atoms in total. The molecular weight excluding hydrogens is 346 g/mol. The van der Waals surface area contributed by atoms with Crippen LogP contribution in [0.1, 0.15) is 24.3 Å². The average Bonchev–Trinajstić information content (AvgIpc) is 3.04. The number of nitriles is 1. The summed E-state index contributed by atoms with van der Waals surface area (Å²) >= 11 is 0. The van der Waals surface area contributed by atoms with E-state index < -0.39 is 0 Å². The van der Waals surface area contributed by atoms with Gasteiger partial charge >= 0.3 is 0 Å².